The van der Waals surface area contributed by atoms with Crippen LogP contribution in [0.2, 0.25) is 0 Å². The third-order valence-electron chi connectivity index (χ3n) is 4.79. The number of ether oxygens (including phenoxy) is 1. The Hall–Kier alpha value is -3.34. The Balaban J connectivity index is 1.75. The van der Waals surface area contributed by atoms with Gasteiger partial charge >= 0.3 is 6.09 Å². The SMILES string of the molecule is CCOC(=O)N(NC(=O)c1cccc(C(=O)N2CCC(F)(F)CC2)c1)C(=O)c1ccsc1. The Morgan fingerprint density at radius 2 is 1.81 bits per heavy atom. The Labute approximate surface area is 186 Å². The second-order valence-electron chi connectivity index (χ2n) is 7.02. The summed E-state index contributed by atoms with van der Waals surface area (Å²) < 4.78 is 31.6. The highest BCUT2D eigenvalue weighted by Crippen LogP contribution is 2.28. The maximum absolute atomic E-state index is 13.4. The predicted molar refractivity (Wildman–Crippen MR) is 112 cm³/mol. The van der Waals surface area contributed by atoms with Gasteiger partial charge in [-0.05, 0) is 36.6 Å². The van der Waals surface area contributed by atoms with Crippen LogP contribution in [0.5, 0.6) is 0 Å². The number of halogens is 2. The molecule has 3 rings (SSSR count). The number of rotatable bonds is 4. The molecule has 1 aromatic heterocycles. The fourth-order valence-corrected chi connectivity index (χ4v) is 3.69. The molecule has 0 radical (unpaired) electrons. The predicted octanol–water partition coefficient (Wildman–Crippen LogP) is 3.56. The summed E-state index contributed by atoms with van der Waals surface area (Å²) in [5, 5.41) is 3.63. The molecular weight excluding hydrogens is 444 g/mol. The monoisotopic (exact) mass is 465 g/mol. The summed E-state index contributed by atoms with van der Waals surface area (Å²) in [7, 11) is 0. The molecule has 2 heterocycles. The van der Waals surface area contributed by atoms with Crippen LogP contribution in [0.4, 0.5) is 13.6 Å². The Bertz CT molecular complexity index is 1000. The molecule has 0 unspecified atom stereocenters. The van der Waals surface area contributed by atoms with Crippen LogP contribution in [-0.2, 0) is 4.74 Å². The number of hydrogen-bond acceptors (Lipinski definition) is 6. The van der Waals surface area contributed by atoms with Crippen molar-refractivity contribution in [1.29, 1.82) is 0 Å². The minimum atomic E-state index is -2.79. The van der Waals surface area contributed by atoms with E-state index in [-0.39, 0.29) is 36.4 Å². The van der Waals surface area contributed by atoms with E-state index in [0.29, 0.717) is 5.01 Å². The van der Waals surface area contributed by atoms with Crippen molar-refractivity contribution in [2.24, 2.45) is 0 Å². The summed E-state index contributed by atoms with van der Waals surface area (Å²) in [4.78, 5) is 51.6. The zero-order chi connectivity index (χ0) is 23.3. The van der Waals surface area contributed by atoms with Gasteiger partial charge in [-0.1, -0.05) is 6.07 Å². The molecule has 2 aromatic rings. The minimum absolute atomic E-state index is 0.00519. The van der Waals surface area contributed by atoms with Crippen molar-refractivity contribution >= 4 is 35.2 Å². The summed E-state index contributed by atoms with van der Waals surface area (Å²) in [5.74, 6) is -4.86. The number of hydrazine groups is 1. The van der Waals surface area contributed by atoms with Crippen LogP contribution in [0, 0.1) is 0 Å². The second kappa shape index (κ2) is 9.86. The van der Waals surface area contributed by atoms with Gasteiger partial charge in [0.2, 0.25) is 0 Å². The molecule has 1 aliphatic heterocycles. The summed E-state index contributed by atoms with van der Waals surface area (Å²) in [6.07, 6.45) is -1.89. The standard InChI is InChI=1S/C21H21F2N3O5S/c1-2-31-20(30)26(19(29)16-6-11-32-13-16)24-17(27)14-4-3-5-15(12-14)18(28)25-9-7-21(22,23)8-10-25/h3-6,11-13H,2,7-10H2,1H3,(H,24,27). The number of nitrogens with zero attached hydrogens (tertiary/aromatic N) is 2. The number of hydrogen-bond donors (Lipinski definition) is 1. The lowest BCUT2D eigenvalue weighted by Crippen LogP contribution is -2.50. The number of alkyl halides is 2. The van der Waals surface area contributed by atoms with Crippen LogP contribution in [0.25, 0.3) is 0 Å². The highest BCUT2D eigenvalue weighted by molar-refractivity contribution is 7.08. The molecule has 0 bridgehead atoms. The Morgan fingerprint density at radius 3 is 2.44 bits per heavy atom. The molecule has 170 valence electrons. The fraction of sp³-hybridized carbons (Fsp3) is 0.333. The third kappa shape index (κ3) is 5.47. The van der Waals surface area contributed by atoms with Crippen LogP contribution in [0.1, 0.15) is 50.8 Å². The first-order valence-electron chi connectivity index (χ1n) is 9.83. The summed E-state index contributed by atoms with van der Waals surface area (Å²) in [6.45, 7) is 1.36. The van der Waals surface area contributed by atoms with E-state index in [1.165, 1.54) is 51.9 Å². The zero-order valence-electron chi connectivity index (χ0n) is 17.2. The van der Waals surface area contributed by atoms with Crippen LogP contribution in [-0.4, -0.2) is 59.3 Å². The number of carbonyl (C=O) groups is 4. The van der Waals surface area contributed by atoms with E-state index in [4.69, 9.17) is 4.74 Å². The normalized spacial score (nSPS) is 15.0. The Kier molecular flexibility index (Phi) is 7.18. The maximum atomic E-state index is 13.4. The van der Waals surface area contributed by atoms with Crippen molar-refractivity contribution in [2.75, 3.05) is 19.7 Å². The van der Waals surface area contributed by atoms with E-state index >= 15 is 0 Å². The van der Waals surface area contributed by atoms with Crippen LogP contribution >= 0.6 is 11.3 Å². The minimum Gasteiger partial charge on any atom is -0.448 e. The van der Waals surface area contributed by atoms with Gasteiger partial charge in [0.05, 0.1) is 12.2 Å². The number of benzene rings is 1. The first kappa shape index (κ1) is 23.3. The highest BCUT2D eigenvalue weighted by Gasteiger charge is 2.36. The van der Waals surface area contributed by atoms with Crippen LogP contribution in [0.15, 0.2) is 41.1 Å². The van der Waals surface area contributed by atoms with Gasteiger partial charge in [-0.15, -0.1) is 5.01 Å². The highest BCUT2D eigenvalue weighted by atomic mass is 32.1. The average molecular weight is 465 g/mol. The molecular formula is C21H21F2N3O5S. The fourth-order valence-electron chi connectivity index (χ4n) is 3.06. The smallest absolute Gasteiger partial charge is 0.436 e. The van der Waals surface area contributed by atoms with Gasteiger partial charge in [0.25, 0.3) is 23.6 Å². The van der Waals surface area contributed by atoms with Crippen molar-refractivity contribution in [1.82, 2.24) is 15.3 Å². The van der Waals surface area contributed by atoms with Gasteiger partial charge in [-0.25, -0.2) is 13.6 Å². The van der Waals surface area contributed by atoms with Gasteiger partial charge < -0.3 is 9.64 Å². The van der Waals surface area contributed by atoms with Gasteiger partial charge in [-0.2, -0.15) is 11.3 Å². The van der Waals surface area contributed by atoms with Gasteiger partial charge in [-0.3, -0.25) is 19.8 Å². The molecule has 1 N–H and O–H groups in total. The molecule has 0 atom stereocenters. The molecule has 32 heavy (non-hydrogen) atoms. The first-order chi connectivity index (χ1) is 15.2. The lowest BCUT2D eigenvalue weighted by atomic mass is 10.0. The topological polar surface area (TPSA) is 96.0 Å². The van der Waals surface area contributed by atoms with E-state index in [1.807, 2.05) is 0 Å². The number of piperidine rings is 1. The first-order valence-corrected chi connectivity index (χ1v) is 10.8. The molecule has 1 aromatic carbocycles. The lowest BCUT2D eigenvalue weighted by Gasteiger charge is -2.31. The number of amides is 4. The van der Waals surface area contributed by atoms with Crippen LogP contribution in [0.3, 0.4) is 0 Å². The van der Waals surface area contributed by atoms with Crippen LogP contribution < -0.4 is 5.43 Å². The van der Waals surface area contributed by atoms with Gasteiger partial charge in [0.15, 0.2) is 0 Å². The molecule has 11 heteroatoms. The molecule has 1 saturated heterocycles. The zero-order valence-corrected chi connectivity index (χ0v) is 18.0. The maximum Gasteiger partial charge on any atom is 0.436 e. The molecule has 1 aliphatic rings. The number of likely N-dealkylation sites (tertiary alicyclic amines) is 1. The van der Waals surface area contributed by atoms with Crippen molar-refractivity contribution in [2.45, 2.75) is 25.7 Å². The van der Waals surface area contributed by atoms with E-state index in [0.717, 1.165) is 0 Å². The van der Waals surface area contributed by atoms with E-state index in [1.54, 1.807) is 12.3 Å². The van der Waals surface area contributed by atoms with Gasteiger partial charge in [0.1, 0.15) is 0 Å². The molecule has 0 spiro atoms. The summed E-state index contributed by atoms with van der Waals surface area (Å²) >= 11 is 1.24. The van der Waals surface area contributed by atoms with Crippen molar-refractivity contribution in [3.8, 4) is 0 Å². The summed E-state index contributed by atoms with van der Waals surface area (Å²) in [6, 6.07) is 7.09. The molecule has 1 fully saturated rings. The molecule has 0 saturated carbocycles. The number of nitrogens with one attached hydrogen (secondary N) is 1. The van der Waals surface area contributed by atoms with Gasteiger partial charge in [0, 0.05) is 42.4 Å². The third-order valence-corrected chi connectivity index (χ3v) is 5.47. The average Bonchev–Trinajstić information content (AvgIpc) is 3.31. The van der Waals surface area contributed by atoms with E-state index in [9.17, 15) is 28.0 Å². The largest absolute Gasteiger partial charge is 0.448 e. The van der Waals surface area contributed by atoms with E-state index < -0.39 is 42.6 Å². The number of thiophene rings is 1. The lowest BCUT2D eigenvalue weighted by molar-refractivity contribution is -0.0494. The molecule has 4 amide bonds. The Morgan fingerprint density at radius 1 is 1.12 bits per heavy atom. The number of imide groups is 1. The second-order valence-corrected chi connectivity index (χ2v) is 7.80. The summed E-state index contributed by atoms with van der Waals surface area (Å²) in [5.41, 5.74) is 2.54. The molecule has 0 aliphatic carbocycles. The number of carbonyl (C=O) groups excluding carboxylic acids is 4. The van der Waals surface area contributed by atoms with Crippen molar-refractivity contribution in [3.05, 3.63) is 57.8 Å². The molecule has 8 nitrogen and oxygen atoms in total. The van der Waals surface area contributed by atoms with E-state index in [2.05, 4.69) is 5.43 Å². The van der Waals surface area contributed by atoms with Crippen molar-refractivity contribution in [3.63, 3.8) is 0 Å². The quantitative estimate of drug-likeness (QED) is 0.697. The van der Waals surface area contributed by atoms with Crippen molar-refractivity contribution < 1.29 is 32.7 Å².